The number of hydrogen-bond donors (Lipinski definition) is 2. The fourth-order valence-corrected chi connectivity index (χ4v) is 3.55. The first-order valence-corrected chi connectivity index (χ1v) is 8.79. The maximum absolute atomic E-state index is 13.6. The summed E-state index contributed by atoms with van der Waals surface area (Å²) in [6, 6.07) is 10.8. The van der Waals surface area contributed by atoms with Crippen molar-refractivity contribution in [1.82, 2.24) is 5.32 Å². The van der Waals surface area contributed by atoms with Gasteiger partial charge in [0, 0.05) is 18.5 Å². The van der Waals surface area contributed by atoms with Gasteiger partial charge in [0.05, 0.1) is 24.6 Å². The van der Waals surface area contributed by atoms with E-state index in [2.05, 4.69) is 5.32 Å². The summed E-state index contributed by atoms with van der Waals surface area (Å²) < 4.78 is 31.9. The van der Waals surface area contributed by atoms with Crippen molar-refractivity contribution in [3.8, 4) is 0 Å². The van der Waals surface area contributed by atoms with Crippen molar-refractivity contribution in [2.24, 2.45) is 0 Å². The maximum atomic E-state index is 13.6. The Morgan fingerprint density at radius 1 is 1.11 bits per heavy atom. The second-order valence-corrected chi connectivity index (χ2v) is 7.13. The molecule has 1 aliphatic rings. The van der Waals surface area contributed by atoms with Gasteiger partial charge in [0.2, 0.25) is 5.92 Å². The molecule has 144 valence electrons. The molecule has 0 aliphatic heterocycles. The third-order valence-electron chi connectivity index (χ3n) is 5.19. The molecule has 0 atom stereocenters. The van der Waals surface area contributed by atoms with Crippen LogP contribution in [0.5, 0.6) is 0 Å². The number of anilines is 1. The van der Waals surface area contributed by atoms with Crippen LogP contribution in [0.3, 0.4) is 0 Å². The van der Waals surface area contributed by atoms with Gasteiger partial charge in [-0.1, -0.05) is 24.3 Å². The van der Waals surface area contributed by atoms with Crippen molar-refractivity contribution in [3.05, 3.63) is 42.0 Å². The summed E-state index contributed by atoms with van der Waals surface area (Å²) in [6.45, 7) is 0. The van der Waals surface area contributed by atoms with Crippen LogP contribution in [-0.4, -0.2) is 30.4 Å². The molecule has 0 aromatic heterocycles. The summed E-state index contributed by atoms with van der Waals surface area (Å²) in [5, 5.41) is 4.54. The number of ether oxygens (including phenoxy) is 1. The highest BCUT2D eigenvalue weighted by molar-refractivity contribution is 6.04. The van der Waals surface area contributed by atoms with Crippen molar-refractivity contribution in [2.45, 2.75) is 43.6 Å². The zero-order valence-corrected chi connectivity index (χ0v) is 15.1. The second kappa shape index (κ2) is 7.13. The van der Waals surface area contributed by atoms with Gasteiger partial charge in [-0.05, 0) is 35.7 Å². The molecule has 0 unspecified atom stereocenters. The summed E-state index contributed by atoms with van der Waals surface area (Å²) in [5.74, 6) is -3.81. The van der Waals surface area contributed by atoms with Gasteiger partial charge in [-0.3, -0.25) is 9.59 Å². The fourth-order valence-electron chi connectivity index (χ4n) is 3.55. The summed E-state index contributed by atoms with van der Waals surface area (Å²) >= 11 is 0. The minimum absolute atomic E-state index is 0.00563. The van der Waals surface area contributed by atoms with Gasteiger partial charge in [0.1, 0.15) is 0 Å². The van der Waals surface area contributed by atoms with Crippen LogP contribution in [0, 0.1) is 0 Å². The molecule has 3 N–H and O–H groups in total. The molecule has 0 saturated heterocycles. The average molecular weight is 376 g/mol. The Morgan fingerprint density at radius 3 is 2.30 bits per heavy atom. The van der Waals surface area contributed by atoms with Crippen molar-refractivity contribution in [2.75, 3.05) is 12.8 Å². The number of esters is 1. The largest absolute Gasteiger partial charge is 0.469 e. The minimum Gasteiger partial charge on any atom is -0.469 e. The van der Waals surface area contributed by atoms with Crippen LogP contribution in [0.25, 0.3) is 10.8 Å². The lowest BCUT2D eigenvalue weighted by Crippen LogP contribution is -2.53. The van der Waals surface area contributed by atoms with Crippen LogP contribution in [0.4, 0.5) is 14.5 Å². The standard InChI is InChI=1S/C20H22F2N2O3/c1-27-17(25)12-19(6-8-20(21,22)9-7-19)24-18(26)15-10-13-4-2-3-5-14(13)11-16(15)23/h2-5,10-11H,6-9,12,23H2,1H3,(H,24,26). The zero-order valence-electron chi connectivity index (χ0n) is 15.1. The predicted molar refractivity (Wildman–Crippen MR) is 98.6 cm³/mol. The second-order valence-electron chi connectivity index (χ2n) is 7.13. The van der Waals surface area contributed by atoms with Crippen molar-refractivity contribution in [3.63, 3.8) is 0 Å². The molecule has 3 rings (SSSR count). The van der Waals surface area contributed by atoms with E-state index in [-0.39, 0.29) is 24.8 Å². The van der Waals surface area contributed by atoms with Crippen LogP contribution in [0.1, 0.15) is 42.5 Å². The molecular formula is C20H22F2N2O3. The van der Waals surface area contributed by atoms with Gasteiger partial charge < -0.3 is 15.8 Å². The predicted octanol–water partition coefficient (Wildman–Crippen LogP) is 3.66. The topological polar surface area (TPSA) is 81.4 Å². The average Bonchev–Trinajstić information content (AvgIpc) is 2.63. The Kier molecular flexibility index (Phi) is 5.04. The van der Waals surface area contributed by atoms with E-state index in [0.717, 1.165) is 10.8 Å². The van der Waals surface area contributed by atoms with Gasteiger partial charge in [-0.2, -0.15) is 0 Å². The Hall–Kier alpha value is -2.70. The number of benzene rings is 2. The number of carbonyl (C=O) groups excluding carboxylic acids is 2. The van der Waals surface area contributed by atoms with E-state index >= 15 is 0 Å². The van der Waals surface area contributed by atoms with E-state index in [1.165, 1.54) is 7.11 Å². The number of rotatable bonds is 4. The molecule has 1 fully saturated rings. The van der Waals surface area contributed by atoms with Gasteiger partial charge in [-0.15, -0.1) is 0 Å². The summed E-state index contributed by atoms with van der Waals surface area (Å²) in [6.07, 6.45) is -0.948. The van der Waals surface area contributed by atoms with Crippen LogP contribution in [0.2, 0.25) is 0 Å². The molecule has 27 heavy (non-hydrogen) atoms. The number of amides is 1. The first kappa shape index (κ1) is 19.1. The lowest BCUT2D eigenvalue weighted by molar-refractivity contribution is -0.144. The first-order valence-electron chi connectivity index (χ1n) is 8.79. The Balaban J connectivity index is 1.88. The molecule has 5 nitrogen and oxygen atoms in total. The lowest BCUT2D eigenvalue weighted by Gasteiger charge is -2.40. The number of nitrogen functional groups attached to an aromatic ring is 1. The highest BCUT2D eigenvalue weighted by atomic mass is 19.3. The van der Waals surface area contributed by atoms with Crippen molar-refractivity contribution >= 4 is 28.3 Å². The van der Waals surface area contributed by atoms with Crippen molar-refractivity contribution in [1.29, 1.82) is 0 Å². The quantitative estimate of drug-likeness (QED) is 0.630. The summed E-state index contributed by atoms with van der Waals surface area (Å²) in [5.41, 5.74) is 5.52. The molecule has 1 amide bonds. The number of halogens is 2. The van der Waals surface area contributed by atoms with E-state index in [1.807, 2.05) is 24.3 Å². The Morgan fingerprint density at radius 2 is 1.70 bits per heavy atom. The molecule has 0 radical (unpaired) electrons. The van der Waals surface area contributed by atoms with Crippen LogP contribution >= 0.6 is 0 Å². The molecule has 0 spiro atoms. The number of methoxy groups -OCH3 is 1. The smallest absolute Gasteiger partial charge is 0.307 e. The monoisotopic (exact) mass is 376 g/mol. The van der Waals surface area contributed by atoms with Crippen LogP contribution in [0.15, 0.2) is 36.4 Å². The molecule has 7 heteroatoms. The van der Waals surface area contributed by atoms with Gasteiger partial charge >= 0.3 is 5.97 Å². The third kappa shape index (κ3) is 4.18. The number of nitrogens with two attached hydrogens (primary N) is 1. The highest BCUT2D eigenvalue weighted by Gasteiger charge is 2.45. The van der Waals surface area contributed by atoms with Gasteiger partial charge in [0.25, 0.3) is 5.91 Å². The molecular weight excluding hydrogens is 354 g/mol. The minimum atomic E-state index is -2.79. The first-order chi connectivity index (χ1) is 12.7. The van der Waals surface area contributed by atoms with Crippen LogP contribution < -0.4 is 11.1 Å². The van der Waals surface area contributed by atoms with E-state index in [1.54, 1.807) is 12.1 Å². The van der Waals surface area contributed by atoms with Gasteiger partial charge in [-0.25, -0.2) is 8.78 Å². The van der Waals surface area contributed by atoms with E-state index < -0.39 is 36.2 Å². The highest BCUT2D eigenvalue weighted by Crippen LogP contribution is 2.40. The third-order valence-corrected chi connectivity index (χ3v) is 5.19. The van der Waals surface area contributed by atoms with E-state index in [9.17, 15) is 18.4 Å². The van der Waals surface area contributed by atoms with E-state index in [4.69, 9.17) is 10.5 Å². The molecule has 2 aromatic carbocycles. The Bertz CT molecular complexity index is 873. The number of nitrogens with one attached hydrogen (secondary N) is 1. The number of alkyl halides is 2. The molecule has 2 aromatic rings. The number of hydrogen-bond acceptors (Lipinski definition) is 4. The number of carbonyl (C=O) groups is 2. The molecule has 1 aliphatic carbocycles. The maximum Gasteiger partial charge on any atom is 0.307 e. The number of fused-ring (bicyclic) bond motifs is 1. The molecule has 1 saturated carbocycles. The Labute approximate surface area is 155 Å². The molecule has 0 bridgehead atoms. The van der Waals surface area contributed by atoms with E-state index in [0.29, 0.717) is 5.69 Å². The summed E-state index contributed by atoms with van der Waals surface area (Å²) in [4.78, 5) is 24.7. The SMILES string of the molecule is COC(=O)CC1(NC(=O)c2cc3ccccc3cc2N)CCC(F)(F)CC1. The zero-order chi connectivity index (χ0) is 19.7. The van der Waals surface area contributed by atoms with Crippen molar-refractivity contribution < 1.29 is 23.1 Å². The van der Waals surface area contributed by atoms with Crippen LogP contribution in [-0.2, 0) is 9.53 Å². The fraction of sp³-hybridized carbons (Fsp3) is 0.400. The normalized spacial score (nSPS) is 18.0. The van der Waals surface area contributed by atoms with Gasteiger partial charge in [0.15, 0.2) is 0 Å². The lowest BCUT2D eigenvalue weighted by atomic mass is 9.77. The molecule has 0 heterocycles. The summed E-state index contributed by atoms with van der Waals surface area (Å²) in [7, 11) is 1.23.